The van der Waals surface area contributed by atoms with E-state index < -0.39 is 0 Å². The van der Waals surface area contributed by atoms with Crippen molar-refractivity contribution in [2.45, 2.75) is 39.5 Å². The van der Waals surface area contributed by atoms with Crippen molar-refractivity contribution in [2.75, 3.05) is 19.6 Å². The van der Waals surface area contributed by atoms with Crippen LogP contribution in [0.15, 0.2) is 0 Å². The van der Waals surface area contributed by atoms with Crippen LogP contribution in [-0.2, 0) is 9.59 Å². The van der Waals surface area contributed by atoms with Gasteiger partial charge in [0.1, 0.15) is 0 Å². The normalized spacial score (nSPS) is 17.2. The molecule has 92 valence electrons. The minimum atomic E-state index is 0.0434. The molecular formula is C12H22N2O2. The first-order valence-electron chi connectivity index (χ1n) is 6.20. The van der Waals surface area contributed by atoms with Gasteiger partial charge in [-0.3, -0.25) is 9.59 Å². The third kappa shape index (κ3) is 3.83. The Kier molecular flexibility index (Phi) is 5.29. The zero-order valence-electron chi connectivity index (χ0n) is 10.3. The Hall–Kier alpha value is -1.06. The Labute approximate surface area is 97.4 Å². The number of nitrogens with one attached hydrogen (secondary N) is 1. The molecule has 1 aliphatic rings. The summed E-state index contributed by atoms with van der Waals surface area (Å²) in [6, 6.07) is 0. The van der Waals surface area contributed by atoms with E-state index in [-0.39, 0.29) is 17.7 Å². The molecule has 1 fully saturated rings. The van der Waals surface area contributed by atoms with Gasteiger partial charge in [0.2, 0.25) is 11.8 Å². The van der Waals surface area contributed by atoms with Crippen molar-refractivity contribution in [1.29, 1.82) is 0 Å². The van der Waals surface area contributed by atoms with Gasteiger partial charge in [0.05, 0.1) is 0 Å². The number of likely N-dealkylation sites (tertiary alicyclic amines) is 1. The lowest BCUT2D eigenvalue weighted by molar-refractivity contribution is -0.130. The third-order valence-electron chi connectivity index (χ3n) is 3.16. The van der Waals surface area contributed by atoms with E-state index in [4.69, 9.17) is 0 Å². The summed E-state index contributed by atoms with van der Waals surface area (Å²) < 4.78 is 0. The first-order chi connectivity index (χ1) is 7.65. The molecule has 0 aliphatic carbocycles. The highest BCUT2D eigenvalue weighted by molar-refractivity contribution is 5.80. The third-order valence-corrected chi connectivity index (χ3v) is 3.16. The van der Waals surface area contributed by atoms with Gasteiger partial charge in [-0.25, -0.2) is 0 Å². The molecule has 0 saturated carbocycles. The summed E-state index contributed by atoms with van der Waals surface area (Å²) in [5.41, 5.74) is 0. The predicted molar refractivity (Wildman–Crippen MR) is 62.9 cm³/mol. The van der Waals surface area contributed by atoms with E-state index in [0.29, 0.717) is 13.0 Å². The summed E-state index contributed by atoms with van der Waals surface area (Å²) in [7, 11) is 0. The second kappa shape index (κ2) is 6.51. The fourth-order valence-corrected chi connectivity index (χ4v) is 1.78. The molecule has 0 aromatic heterocycles. The largest absolute Gasteiger partial charge is 0.355 e. The highest BCUT2D eigenvalue weighted by Crippen LogP contribution is 2.08. The van der Waals surface area contributed by atoms with Crippen LogP contribution in [0.25, 0.3) is 0 Å². The summed E-state index contributed by atoms with van der Waals surface area (Å²) in [5.74, 6) is 0.264. The molecule has 1 heterocycles. The average Bonchev–Trinajstić information content (AvgIpc) is 2.81. The van der Waals surface area contributed by atoms with Crippen LogP contribution in [-0.4, -0.2) is 36.3 Å². The molecule has 0 aromatic carbocycles. The van der Waals surface area contributed by atoms with Gasteiger partial charge in [0.15, 0.2) is 0 Å². The Morgan fingerprint density at radius 1 is 1.31 bits per heavy atom. The SMILES string of the molecule is CCC(C)C(=O)NCCC(=O)N1CCCC1. The van der Waals surface area contributed by atoms with E-state index in [2.05, 4.69) is 5.32 Å². The van der Waals surface area contributed by atoms with Crippen molar-refractivity contribution in [2.24, 2.45) is 5.92 Å². The van der Waals surface area contributed by atoms with Crippen molar-refractivity contribution < 1.29 is 9.59 Å². The number of hydrogen-bond donors (Lipinski definition) is 1. The molecule has 1 atom stereocenters. The minimum Gasteiger partial charge on any atom is -0.355 e. The van der Waals surface area contributed by atoms with E-state index in [1.54, 1.807) is 0 Å². The molecule has 2 amide bonds. The maximum Gasteiger partial charge on any atom is 0.224 e. The fraction of sp³-hybridized carbons (Fsp3) is 0.833. The van der Waals surface area contributed by atoms with Gasteiger partial charge >= 0.3 is 0 Å². The van der Waals surface area contributed by atoms with Gasteiger partial charge < -0.3 is 10.2 Å². The van der Waals surface area contributed by atoms with Crippen LogP contribution in [0.2, 0.25) is 0 Å². The molecule has 4 heteroatoms. The lowest BCUT2D eigenvalue weighted by Gasteiger charge is -2.15. The average molecular weight is 226 g/mol. The molecule has 1 unspecified atom stereocenters. The van der Waals surface area contributed by atoms with Gasteiger partial charge in [-0.1, -0.05) is 13.8 Å². The van der Waals surface area contributed by atoms with Gasteiger partial charge in [0, 0.05) is 32.0 Å². The molecule has 1 aliphatic heterocycles. The van der Waals surface area contributed by atoms with E-state index >= 15 is 0 Å². The highest BCUT2D eigenvalue weighted by atomic mass is 16.2. The van der Waals surface area contributed by atoms with Crippen LogP contribution in [0.5, 0.6) is 0 Å². The van der Waals surface area contributed by atoms with Crippen molar-refractivity contribution in [3.8, 4) is 0 Å². The second-order valence-corrected chi connectivity index (χ2v) is 4.44. The molecule has 0 spiro atoms. The molecule has 1 N–H and O–H groups in total. The lowest BCUT2D eigenvalue weighted by atomic mass is 10.1. The van der Waals surface area contributed by atoms with Crippen LogP contribution in [0.4, 0.5) is 0 Å². The van der Waals surface area contributed by atoms with Crippen molar-refractivity contribution in [1.82, 2.24) is 10.2 Å². The topological polar surface area (TPSA) is 49.4 Å². The van der Waals surface area contributed by atoms with Crippen LogP contribution >= 0.6 is 0 Å². The fourth-order valence-electron chi connectivity index (χ4n) is 1.78. The number of carbonyl (C=O) groups excluding carboxylic acids is 2. The second-order valence-electron chi connectivity index (χ2n) is 4.44. The quantitative estimate of drug-likeness (QED) is 0.765. The van der Waals surface area contributed by atoms with Crippen molar-refractivity contribution >= 4 is 11.8 Å². The number of nitrogens with zero attached hydrogens (tertiary/aromatic N) is 1. The molecule has 0 radical (unpaired) electrons. The first-order valence-corrected chi connectivity index (χ1v) is 6.20. The summed E-state index contributed by atoms with van der Waals surface area (Å²) in [5, 5.41) is 2.80. The molecule has 1 rings (SSSR count). The monoisotopic (exact) mass is 226 g/mol. The van der Waals surface area contributed by atoms with E-state index in [1.165, 1.54) is 0 Å². The Morgan fingerprint density at radius 3 is 2.50 bits per heavy atom. The molecule has 0 aromatic rings. The Morgan fingerprint density at radius 2 is 1.94 bits per heavy atom. The zero-order valence-corrected chi connectivity index (χ0v) is 10.3. The smallest absolute Gasteiger partial charge is 0.224 e. The summed E-state index contributed by atoms with van der Waals surface area (Å²) in [6.07, 6.45) is 3.50. The number of rotatable bonds is 5. The highest BCUT2D eigenvalue weighted by Gasteiger charge is 2.17. The number of amides is 2. The Balaban J connectivity index is 2.14. The van der Waals surface area contributed by atoms with Gasteiger partial charge in [-0.05, 0) is 19.3 Å². The number of hydrogen-bond acceptors (Lipinski definition) is 2. The maximum atomic E-state index is 11.6. The summed E-state index contributed by atoms with van der Waals surface area (Å²) in [6.45, 7) is 6.13. The molecule has 0 bridgehead atoms. The first kappa shape index (κ1) is 13.0. The summed E-state index contributed by atoms with van der Waals surface area (Å²) >= 11 is 0. The number of carbonyl (C=O) groups is 2. The van der Waals surface area contributed by atoms with Crippen molar-refractivity contribution in [3.05, 3.63) is 0 Å². The molecule has 4 nitrogen and oxygen atoms in total. The van der Waals surface area contributed by atoms with E-state index in [1.807, 2.05) is 18.7 Å². The van der Waals surface area contributed by atoms with Gasteiger partial charge in [-0.15, -0.1) is 0 Å². The van der Waals surface area contributed by atoms with Crippen LogP contribution < -0.4 is 5.32 Å². The zero-order chi connectivity index (χ0) is 12.0. The molecular weight excluding hydrogens is 204 g/mol. The standard InChI is InChI=1S/C12H22N2O2/c1-3-10(2)12(16)13-7-6-11(15)14-8-4-5-9-14/h10H,3-9H2,1-2H3,(H,13,16). The van der Waals surface area contributed by atoms with E-state index in [9.17, 15) is 9.59 Å². The maximum absolute atomic E-state index is 11.6. The molecule has 1 saturated heterocycles. The van der Waals surface area contributed by atoms with Crippen LogP contribution in [0.3, 0.4) is 0 Å². The predicted octanol–water partition coefficient (Wildman–Crippen LogP) is 1.16. The molecule has 16 heavy (non-hydrogen) atoms. The van der Waals surface area contributed by atoms with Gasteiger partial charge in [-0.2, -0.15) is 0 Å². The van der Waals surface area contributed by atoms with Crippen LogP contribution in [0.1, 0.15) is 39.5 Å². The Bertz CT molecular complexity index is 247. The van der Waals surface area contributed by atoms with Crippen molar-refractivity contribution in [3.63, 3.8) is 0 Å². The summed E-state index contributed by atoms with van der Waals surface area (Å²) in [4.78, 5) is 25.0. The van der Waals surface area contributed by atoms with Gasteiger partial charge in [0.25, 0.3) is 0 Å². The van der Waals surface area contributed by atoms with E-state index in [0.717, 1.165) is 32.4 Å². The minimum absolute atomic E-state index is 0.0434. The lowest BCUT2D eigenvalue weighted by Crippen LogP contribution is -2.34. The van der Waals surface area contributed by atoms with Crippen LogP contribution in [0, 0.1) is 5.92 Å².